The van der Waals surface area contributed by atoms with Crippen LogP contribution in [0.3, 0.4) is 0 Å². The molecule has 0 heterocycles. The molecular weight excluding hydrogens is 228 g/mol. The fourth-order valence-corrected chi connectivity index (χ4v) is 2.17. The molecule has 0 aromatic heterocycles. The van der Waals surface area contributed by atoms with Gasteiger partial charge in [0.1, 0.15) is 0 Å². The summed E-state index contributed by atoms with van der Waals surface area (Å²) in [7, 11) is 0. The summed E-state index contributed by atoms with van der Waals surface area (Å²) in [5.41, 5.74) is 0. The van der Waals surface area contributed by atoms with E-state index in [9.17, 15) is 0 Å². The van der Waals surface area contributed by atoms with Gasteiger partial charge in [0.05, 0.1) is 0 Å². The van der Waals surface area contributed by atoms with E-state index in [1.165, 1.54) is 77.0 Å². The molecule has 0 amide bonds. The van der Waals surface area contributed by atoms with Crippen molar-refractivity contribution in [3.63, 3.8) is 0 Å². The molecule has 0 aromatic carbocycles. The first-order chi connectivity index (χ1) is 9.41. The molecule has 0 atom stereocenters. The Balaban J connectivity index is 3.07. The van der Waals surface area contributed by atoms with Gasteiger partial charge < -0.3 is 0 Å². The maximum atomic E-state index is 3.67. The van der Waals surface area contributed by atoms with Crippen molar-refractivity contribution in [3.8, 4) is 0 Å². The van der Waals surface area contributed by atoms with Crippen LogP contribution >= 0.6 is 0 Å². The maximum Gasteiger partial charge on any atom is -0.0348 e. The van der Waals surface area contributed by atoms with Crippen molar-refractivity contribution in [2.75, 3.05) is 0 Å². The third-order valence-electron chi connectivity index (χ3n) is 3.40. The van der Waals surface area contributed by atoms with E-state index >= 15 is 0 Å². The Bertz CT molecular complexity index is 222. The highest BCUT2D eigenvalue weighted by atomic mass is 14.0. The topological polar surface area (TPSA) is 0 Å². The SMILES string of the molecule is C=C/C=C/CCCCCCC/C=C\CCCCCC. The van der Waals surface area contributed by atoms with Crippen LogP contribution in [0.15, 0.2) is 37.0 Å². The van der Waals surface area contributed by atoms with E-state index in [0.717, 1.165) is 0 Å². The highest BCUT2D eigenvalue weighted by molar-refractivity contribution is 4.96. The van der Waals surface area contributed by atoms with Gasteiger partial charge in [-0.2, -0.15) is 0 Å². The molecule has 0 rings (SSSR count). The lowest BCUT2D eigenvalue weighted by Crippen LogP contribution is -1.78. The molecule has 0 radical (unpaired) electrons. The first kappa shape index (κ1) is 18.2. The number of allylic oxidation sites excluding steroid dienone is 5. The molecule has 0 nitrogen and oxygen atoms in total. The van der Waals surface area contributed by atoms with Crippen molar-refractivity contribution in [2.24, 2.45) is 0 Å². The average Bonchev–Trinajstić information content (AvgIpc) is 2.43. The van der Waals surface area contributed by atoms with Crippen molar-refractivity contribution in [1.82, 2.24) is 0 Å². The zero-order valence-electron chi connectivity index (χ0n) is 13.1. The van der Waals surface area contributed by atoms with Crippen LogP contribution in [-0.2, 0) is 0 Å². The predicted octanol–water partition coefficient (Wildman–Crippen LogP) is 6.99. The van der Waals surface area contributed by atoms with E-state index < -0.39 is 0 Å². The van der Waals surface area contributed by atoms with Crippen LogP contribution in [-0.4, -0.2) is 0 Å². The molecule has 0 saturated heterocycles. The predicted molar refractivity (Wildman–Crippen MR) is 89.6 cm³/mol. The third-order valence-corrected chi connectivity index (χ3v) is 3.40. The molecule has 110 valence electrons. The fraction of sp³-hybridized carbons (Fsp3) is 0.684. The molecule has 0 aromatic rings. The zero-order valence-corrected chi connectivity index (χ0v) is 13.1. The van der Waals surface area contributed by atoms with Gasteiger partial charge in [-0.15, -0.1) is 0 Å². The van der Waals surface area contributed by atoms with Gasteiger partial charge in [-0.3, -0.25) is 0 Å². The lowest BCUT2D eigenvalue weighted by molar-refractivity contribution is 0.621. The largest absolute Gasteiger partial charge is 0.0991 e. The van der Waals surface area contributed by atoms with Crippen LogP contribution in [0.2, 0.25) is 0 Å². The minimum atomic E-state index is 1.21. The second-order valence-corrected chi connectivity index (χ2v) is 5.33. The van der Waals surface area contributed by atoms with Gasteiger partial charge in [0, 0.05) is 0 Å². The fourth-order valence-electron chi connectivity index (χ4n) is 2.17. The van der Waals surface area contributed by atoms with Crippen LogP contribution in [0.5, 0.6) is 0 Å². The van der Waals surface area contributed by atoms with E-state index in [1.807, 2.05) is 12.2 Å². The Labute approximate surface area is 121 Å². The number of hydrogen-bond donors (Lipinski definition) is 0. The molecule has 0 heteroatoms. The smallest absolute Gasteiger partial charge is 0.0348 e. The molecule has 0 N–H and O–H groups in total. The molecule has 0 aliphatic heterocycles. The molecule has 0 spiro atoms. The van der Waals surface area contributed by atoms with Gasteiger partial charge in [0.15, 0.2) is 0 Å². The van der Waals surface area contributed by atoms with E-state index in [4.69, 9.17) is 0 Å². The van der Waals surface area contributed by atoms with Gasteiger partial charge in [-0.1, -0.05) is 82.4 Å². The van der Waals surface area contributed by atoms with E-state index in [1.54, 1.807) is 0 Å². The van der Waals surface area contributed by atoms with Crippen LogP contribution in [0, 0.1) is 0 Å². The second-order valence-electron chi connectivity index (χ2n) is 5.33. The van der Waals surface area contributed by atoms with Crippen LogP contribution in [0.4, 0.5) is 0 Å². The summed E-state index contributed by atoms with van der Waals surface area (Å²) in [5.74, 6) is 0. The van der Waals surface area contributed by atoms with Gasteiger partial charge in [0.25, 0.3) is 0 Å². The molecule has 0 unspecified atom stereocenters. The van der Waals surface area contributed by atoms with E-state index in [-0.39, 0.29) is 0 Å². The Morgan fingerprint density at radius 2 is 1.11 bits per heavy atom. The zero-order chi connectivity index (χ0) is 14.0. The lowest BCUT2D eigenvalue weighted by Gasteiger charge is -1.98. The molecule has 0 fully saturated rings. The number of rotatable bonds is 14. The monoisotopic (exact) mass is 262 g/mol. The summed E-state index contributed by atoms with van der Waals surface area (Å²) >= 11 is 0. The molecular formula is C19H34. The Morgan fingerprint density at radius 1 is 0.632 bits per heavy atom. The summed E-state index contributed by atoms with van der Waals surface area (Å²) in [6.45, 7) is 5.94. The van der Waals surface area contributed by atoms with Crippen LogP contribution < -0.4 is 0 Å². The molecule has 0 saturated carbocycles. The number of hydrogen-bond acceptors (Lipinski definition) is 0. The highest BCUT2D eigenvalue weighted by Gasteiger charge is 1.89. The van der Waals surface area contributed by atoms with E-state index in [0.29, 0.717) is 0 Å². The van der Waals surface area contributed by atoms with Crippen molar-refractivity contribution in [1.29, 1.82) is 0 Å². The first-order valence-corrected chi connectivity index (χ1v) is 8.34. The van der Waals surface area contributed by atoms with Gasteiger partial charge in [-0.25, -0.2) is 0 Å². The summed E-state index contributed by atoms with van der Waals surface area (Å²) in [5, 5.41) is 0. The summed E-state index contributed by atoms with van der Waals surface area (Å²) < 4.78 is 0. The van der Waals surface area contributed by atoms with Crippen molar-refractivity contribution in [3.05, 3.63) is 37.0 Å². The van der Waals surface area contributed by atoms with Gasteiger partial charge in [-0.05, 0) is 38.5 Å². The second kappa shape index (κ2) is 17.2. The standard InChI is InChI=1S/C19H34/c1-3-5-7-9-11-13-15-17-19-18-16-14-12-10-8-6-4-2/h3,5,7,14,16H,1,4,6,8-13,15,17-19H2,2H3/b7-5+,16-14-. The Morgan fingerprint density at radius 3 is 1.63 bits per heavy atom. The van der Waals surface area contributed by atoms with Crippen molar-refractivity contribution in [2.45, 2.75) is 84.0 Å². The van der Waals surface area contributed by atoms with E-state index in [2.05, 4.69) is 31.7 Å². The minimum absolute atomic E-state index is 1.21. The normalized spacial score (nSPS) is 11.6. The Hall–Kier alpha value is -0.780. The maximum absolute atomic E-state index is 3.67. The third kappa shape index (κ3) is 17.2. The van der Waals surface area contributed by atoms with Crippen LogP contribution in [0.25, 0.3) is 0 Å². The molecule has 19 heavy (non-hydrogen) atoms. The Kier molecular flexibility index (Phi) is 16.5. The molecule has 0 bridgehead atoms. The highest BCUT2D eigenvalue weighted by Crippen LogP contribution is 2.09. The lowest BCUT2D eigenvalue weighted by atomic mass is 10.1. The van der Waals surface area contributed by atoms with Crippen molar-refractivity contribution >= 4 is 0 Å². The van der Waals surface area contributed by atoms with Gasteiger partial charge in [0.2, 0.25) is 0 Å². The quantitative estimate of drug-likeness (QED) is 0.180. The number of unbranched alkanes of at least 4 members (excludes halogenated alkanes) is 10. The summed E-state index contributed by atoms with van der Waals surface area (Å²) in [4.78, 5) is 0. The average molecular weight is 262 g/mol. The summed E-state index contributed by atoms with van der Waals surface area (Å²) in [6, 6.07) is 0. The minimum Gasteiger partial charge on any atom is -0.0991 e. The van der Waals surface area contributed by atoms with Crippen molar-refractivity contribution < 1.29 is 0 Å². The molecule has 0 aliphatic carbocycles. The first-order valence-electron chi connectivity index (χ1n) is 8.34. The van der Waals surface area contributed by atoms with Crippen LogP contribution in [0.1, 0.15) is 84.0 Å². The molecule has 0 aliphatic rings. The summed E-state index contributed by atoms with van der Waals surface area (Å²) in [6.07, 6.45) is 27.1. The van der Waals surface area contributed by atoms with Gasteiger partial charge >= 0.3 is 0 Å².